The molecule has 0 saturated carbocycles. The minimum atomic E-state index is -0.559. The molecule has 0 aliphatic carbocycles. The number of aromatic nitrogens is 2. The van der Waals surface area contributed by atoms with Crippen LogP contribution in [0.1, 0.15) is 44.3 Å². The molecule has 3 N–H and O–H groups in total. The van der Waals surface area contributed by atoms with E-state index in [4.69, 9.17) is 5.73 Å². The molecular formula is C11H19N3O. The molecule has 1 aromatic heterocycles. The van der Waals surface area contributed by atoms with Gasteiger partial charge in [-0.15, -0.1) is 0 Å². The van der Waals surface area contributed by atoms with Crippen LogP contribution < -0.4 is 11.3 Å². The lowest BCUT2D eigenvalue weighted by Gasteiger charge is -2.22. The van der Waals surface area contributed by atoms with Crippen molar-refractivity contribution in [1.82, 2.24) is 9.97 Å². The van der Waals surface area contributed by atoms with Crippen molar-refractivity contribution in [3.63, 3.8) is 0 Å². The molecule has 1 atom stereocenters. The molecule has 0 spiro atoms. The SMILES string of the molecule is CCc1c(C)nc([C@](C)(N)CC)[nH]c1=O. The van der Waals surface area contributed by atoms with Crippen LogP contribution in [0.5, 0.6) is 0 Å². The minimum Gasteiger partial charge on any atom is -0.319 e. The van der Waals surface area contributed by atoms with Crippen molar-refractivity contribution in [2.45, 2.75) is 46.1 Å². The van der Waals surface area contributed by atoms with E-state index in [0.29, 0.717) is 12.2 Å². The molecule has 4 heteroatoms. The minimum absolute atomic E-state index is 0.0647. The zero-order chi connectivity index (χ0) is 11.6. The zero-order valence-electron chi connectivity index (χ0n) is 9.85. The third-order valence-corrected chi connectivity index (χ3v) is 2.85. The average Bonchev–Trinajstić information content (AvgIpc) is 2.17. The van der Waals surface area contributed by atoms with E-state index in [9.17, 15) is 4.79 Å². The maximum absolute atomic E-state index is 11.7. The quantitative estimate of drug-likeness (QED) is 0.786. The first-order valence-electron chi connectivity index (χ1n) is 5.31. The van der Waals surface area contributed by atoms with Gasteiger partial charge in [-0.1, -0.05) is 13.8 Å². The standard InChI is InChI=1S/C11H19N3O/c1-5-8-7(3)13-10(14-9(8)15)11(4,12)6-2/h5-6,12H2,1-4H3,(H,13,14,15)/t11-/m1/s1. The Balaban J connectivity index is 3.32. The molecular weight excluding hydrogens is 190 g/mol. The van der Waals surface area contributed by atoms with Crippen LogP contribution in [0.4, 0.5) is 0 Å². The van der Waals surface area contributed by atoms with Crippen LogP contribution in [0.2, 0.25) is 0 Å². The van der Waals surface area contributed by atoms with Gasteiger partial charge in [0.05, 0.1) is 5.54 Å². The molecule has 0 fully saturated rings. The van der Waals surface area contributed by atoms with E-state index in [2.05, 4.69) is 9.97 Å². The number of hydrogen-bond acceptors (Lipinski definition) is 3. The lowest BCUT2D eigenvalue weighted by atomic mass is 9.99. The number of aryl methyl sites for hydroxylation is 1. The Labute approximate surface area is 89.9 Å². The molecule has 0 saturated heterocycles. The molecule has 1 aromatic rings. The van der Waals surface area contributed by atoms with Gasteiger partial charge in [0.15, 0.2) is 0 Å². The highest BCUT2D eigenvalue weighted by molar-refractivity contribution is 5.18. The van der Waals surface area contributed by atoms with E-state index in [-0.39, 0.29) is 5.56 Å². The molecule has 15 heavy (non-hydrogen) atoms. The van der Waals surface area contributed by atoms with Crippen molar-refractivity contribution in [2.24, 2.45) is 5.73 Å². The van der Waals surface area contributed by atoms with Crippen molar-refractivity contribution in [1.29, 1.82) is 0 Å². The number of hydrogen-bond donors (Lipinski definition) is 2. The van der Waals surface area contributed by atoms with E-state index in [1.807, 2.05) is 27.7 Å². The lowest BCUT2D eigenvalue weighted by molar-refractivity contribution is 0.441. The van der Waals surface area contributed by atoms with E-state index in [1.165, 1.54) is 0 Å². The summed E-state index contributed by atoms with van der Waals surface area (Å²) >= 11 is 0. The van der Waals surface area contributed by atoms with Gasteiger partial charge in [-0.05, 0) is 26.7 Å². The number of nitrogens with one attached hydrogen (secondary N) is 1. The maximum atomic E-state index is 11.7. The Morgan fingerprint density at radius 1 is 1.47 bits per heavy atom. The largest absolute Gasteiger partial charge is 0.319 e. The molecule has 0 aliphatic heterocycles. The first kappa shape index (κ1) is 11.9. The molecule has 0 amide bonds. The smallest absolute Gasteiger partial charge is 0.254 e. The predicted octanol–water partition coefficient (Wildman–Crippen LogP) is 1.22. The average molecular weight is 209 g/mol. The summed E-state index contributed by atoms with van der Waals surface area (Å²) in [6.45, 7) is 7.64. The van der Waals surface area contributed by atoms with Crippen LogP contribution in [-0.2, 0) is 12.0 Å². The fraction of sp³-hybridized carbons (Fsp3) is 0.636. The highest BCUT2D eigenvalue weighted by Gasteiger charge is 2.22. The van der Waals surface area contributed by atoms with Crippen molar-refractivity contribution < 1.29 is 0 Å². The maximum Gasteiger partial charge on any atom is 0.254 e. The van der Waals surface area contributed by atoms with Crippen LogP contribution in [-0.4, -0.2) is 9.97 Å². The third kappa shape index (κ3) is 2.26. The Morgan fingerprint density at radius 3 is 2.47 bits per heavy atom. The molecule has 84 valence electrons. The Kier molecular flexibility index (Phi) is 3.29. The first-order valence-corrected chi connectivity index (χ1v) is 5.31. The van der Waals surface area contributed by atoms with Gasteiger partial charge in [0, 0.05) is 11.3 Å². The van der Waals surface area contributed by atoms with Gasteiger partial charge in [0.2, 0.25) is 0 Å². The van der Waals surface area contributed by atoms with E-state index in [0.717, 1.165) is 17.7 Å². The fourth-order valence-electron chi connectivity index (χ4n) is 1.46. The van der Waals surface area contributed by atoms with Crippen LogP contribution in [0.25, 0.3) is 0 Å². The van der Waals surface area contributed by atoms with Crippen molar-refractivity contribution in [2.75, 3.05) is 0 Å². The second-order valence-corrected chi connectivity index (χ2v) is 4.10. The summed E-state index contributed by atoms with van der Waals surface area (Å²) < 4.78 is 0. The Hall–Kier alpha value is -1.16. The number of aromatic amines is 1. The van der Waals surface area contributed by atoms with Crippen molar-refractivity contribution in [3.8, 4) is 0 Å². The summed E-state index contributed by atoms with van der Waals surface area (Å²) in [5.41, 5.74) is 6.93. The Bertz CT molecular complexity index is 407. The first-order chi connectivity index (χ1) is 6.92. The highest BCUT2D eigenvalue weighted by Crippen LogP contribution is 2.16. The van der Waals surface area contributed by atoms with E-state index in [1.54, 1.807) is 0 Å². The molecule has 0 unspecified atom stereocenters. The molecule has 1 rings (SSSR count). The Morgan fingerprint density at radius 2 is 2.07 bits per heavy atom. The number of H-pyrrole nitrogens is 1. The fourth-order valence-corrected chi connectivity index (χ4v) is 1.46. The van der Waals surface area contributed by atoms with Gasteiger partial charge in [-0.25, -0.2) is 4.98 Å². The van der Waals surface area contributed by atoms with Gasteiger partial charge < -0.3 is 10.7 Å². The van der Waals surface area contributed by atoms with E-state index < -0.39 is 5.54 Å². The summed E-state index contributed by atoms with van der Waals surface area (Å²) in [4.78, 5) is 18.8. The van der Waals surface area contributed by atoms with Gasteiger partial charge in [0.25, 0.3) is 5.56 Å². The molecule has 4 nitrogen and oxygen atoms in total. The van der Waals surface area contributed by atoms with E-state index >= 15 is 0 Å². The highest BCUT2D eigenvalue weighted by atomic mass is 16.1. The number of nitrogens with two attached hydrogens (primary N) is 1. The summed E-state index contributed by atoms with van der Waals surface area (Å²) in [5, 5.41) is 0. The van der Waals surface area contributed by atoms with Crippen LogP contribution in [0, 0.1) is 6.92 Å². The summed E-state index contributed by atoms with van der Waals surface area (Å²) in [6, 6.07) is 0. The van der Waals surface area contributed by atoms with Gasteiger partial charge in [-0.3, -0.25) is 4.79 Å². The molecule has 0 radical (unpaired) electrons. The lowest BCUT2D eigenvalue weighted by Crippen LogP contribution is -2.37. The normalized spacial score (nSPS) is 15.0. The zero-order valence-corrected chi connectivity index (χ0v) is 9.85. The summed E-state index contributed by atoms with van der Waals surface area (Å²) in [6.07, 6.45) is 1.43. The van der Waals surface area contributed by atoms with Gasteiger partial charge in [-0.2, -0.15) is 0 Å². The number of nitrogens with zero attached hydrogens (tertiary/aromatic N) is 1. The number of rotatable bonds is 3. The third-order valence-electron chi connectivity index (χ3n) is 2.85. The second kappa shape index (κ2) is 4.14. The molecule has 0 aromatic carbocycles. The topological polar surface area (TPSA) is 71.8 Å². The van der Waals surface area contributed by atoms with Crippen LogP contribution in [0.15, 0.2) is 4.79 Å². The molecule has 0 aliphatic rings. The van der Waals surface area contributed by atoms with Gasteiger partial charge >= 0.3 is 0 Å². The second-order valence-electron chi connectivity index (χ2n) is 4.10. The monoisotopic (exact) mass is 209 g/mol. The summed E-state index contributed by atoms with van der Waals surface area (Å²) in [5.74, 6) is 0.574. The van der Waals surface area contributed by atoms with Crippen LogP contribution in [0.3, 0.4) is 0 Å². The molecule has 0 bridgehead atoms. The molecule has 1 heterocycles. The van der Waals surface area contributed by atoms with Crippen molar-refractivity contribution >= 4 is 0 Å². The van der Waals surface area contributed by atoms with Gasteiger partial charge in [0.1, 0.15) is 5.82 Å². The summed E-state index contributed by atoms with van der Waals surface area (Å²) in [7, 11) is 0. The predicted molar refractivity (Wildman–Crippen MR) is 60.8 cm³/mol. The van der Waals surface area contributed by atoms with Crippen LogP contribution >= 0.6 is 0 Å². The van der Waals surface area contributed by atoms with Crippen molar-refractivity contribution in [3.05, 3.63) is 27.4 Å².